The van der Waals surface area contributed by atoms with Crippen molar-refractivity contribution >= 4 is 28.6 Å². The summed E-state index contributed by atoms with van der Waals surface area (Å²) in [5.41, 5.74) is 9.17. The van der Waals surface area contributed by atoms with Gasteiger partial charge in [0.1, 0.15) is 42.2 Å². The maximum Gasteiger partial charge on any atom is 0.308 e. The zero-order valence-corrected chi connectivity index (χ0v) is 41.3. The predicted octanol–water partition coefficient (Wildman–Crippen LogP) is 3.21. The maximum atomic E-state index is 14.1. The molecular weight excluding hydrogens is 867 g/mol. The molecule has 2 saturated heterocycles. The second-order valence-corrected chi connectivity index (χ2v) is 19.2. The minimum Gasteiger partial charge on any atom is -0.462 e. The van der Waals surface area contributed by atoms with Crippen molar-refractivity contribution in [1.82, 2.24) is 14.9 Å². The number of nitrogens with zero attached hydrogens (tertiary/aromatic N) is 3. The highest BCUT2D eigenvalue weighted by Crippen LogP contribution is 2.35. The highest BCUT2D eigenvalue weighted by molar-refractivity contribution is 6.00. The Morgan fingerprint density at radius 2 is 1.63 bits per heavy atom. The summed E-state index contributed by atoms with van der Waals surface area (Å²) in [6.45, 7) is 14.6. The van der Waals surface area contributed by atoms with Crippen molar-refractivity contribution < 1.29 is 63.2 Å². The predicted molar refractivity (Wildman–Crippen MR) is 251 cm³/mol. The molecule has 17 atom stereocenters. The minimum absolute atomic E-state index is 0.000362. The number of aromatic nitrogens is 2. The van der Waals surface area contributed by atoms with Crippen LogP contribution in [0.5, 0.6) is 0 Å². The number of carbonyl (C=O) groups is 2. The van der Waals surface area contributed by atoms with Crippen molar-refractivity contribution in [3.63, 3.8) is 0 Å². The van der Waals surface area contributed by atoms with Gasteiger partial charge in [-0.3, -0.25) is 14.6 Å². The molecule has 0 saturated carbocycles. The van der Waals surface area contributed by atoms with Crippen LogP contribution >= 0.6 is 0 Å². The van der Waals surface area contributed by atoms with E-state index in [2.05, 4.69) is 9.98 Å². The van der Waals surface area contributed by atoms with Crippen molar-refractivity contribution in [3.8, 4) is 0 Å². The van der Waals surface area contributed by atoms with Gasteiger partial charge in [-0.25, -0.2) is 4.98 Å². The fourth-order valence-corrected chi connectivity index (χ4v) is 9.52. The smallest absolute Gasteiger partial charge is 0.308 e. The lowest BCUT2D eigenvalue weighted by molar-refractivity contribution is -0.304. The summed E-state index contributed by atoms with van der Waals surface area (Å²) < 4.78 is 42.6. The lowest BCUT2D eigenvalue weighted by Crippen LogP contribution is -2.63. The monoisotopic (exact) mass is 944 g/mol. The number of fused-ring (bicyclic) bond motifs is 1. The number of H-pyrrole nitrogens is 1. The first-order valence-electron chi connectivity index (χ1n) is 23.6. The molecule has 0 amide bonds. The van der Waals surface area contributed by atoms with E-state index in [0.717, 1.165) is 11.1 Å². The number of aliphatic hydroxyl groups is 4. The standard InChI is InChI=1S/C49H77N5O13/c1-13-37-32(23-63-49-46(62-12)45(61-11)42(59)29(8)65-49)18-25(4)14-17-35(55)26(5)19-31(21-38-52-33-16-15-30(20-34(33)53-38)47(50)51-24(2)3)44(27(6)36(56)22-39(57)66-37)67-48-43(60)40(54(9)10)41(58)28(7)64-48/h14-18,20,24,26-29,31-32,36-37,40-46,48-49,56,58-60H,13,19,21-23H2,1-12H3,(H2,50,51)(H,52,53)/b17-14+,25-18+/t26-,27?,28+,29+,31?,32?,36?,37?,40-,41+,42+,43+,44?,45+,46+,48-,49-/m0/s1. The quantitative estimate of drug-likeness (QED) is 0.0959. The summed E-state index contributed by atoms with van der Waals surface area (Å²) in [6, 6.07) is 4.84. The number of methoxy groups -OCH3 is 2. The van der Waals surface area contributed by atoms with Gasteiger partial charge in [0, 0.05) is 50.0 Å². The number of aromatic amines is 1. The third kappa shape index (κ3) is 13.6. The molecule has 4 heterocycles. The number of aliphatic imine (C=N–C) groups is 1. The van der Waals surface area contributed by atoms with Gasteiger partial charge in [-0.2, -0.15) is 0 Å². The third-order valence-corrected chi connectivity index (χ3v) is 13.4. The number of likely N-dealkylation sites (N-methyl/N-ethyl adjacent to an activating group) is 1. The molecule has 1 aromatic heterocycles. The second kappa shape index (κ2) is 24.3. The summed E-state index contributed by atoms with van der Waals surface area (Å²) in [5.74, 6) is -2.30. The molecular formula is C49H77N5O13. The van der Waals surface area contributed by atoms with E-state index in [0.29, 0.717) is 29.2 Å². The van der Waals surface area contributed by atoms with Crippen LogP contribution in [0.25, 0.3) is 11.0 Å². The second-order valence-electron chi connectivity index (χ2n) is 19.2. The molecule has 18 nitrogen and oxygen atoms in total. The topological polar surface area (TPSA) is 250 Å². The largest absolute Gasteiger partial charge is 0.462 e. The lowest BCUT2D eigenvalue weighted by atomic mass is 9.79. The maximum absolute atomic E-state index is 14.1. The highest BCUT2D eigenvalue weighted by atomic mass is 16.7. The summed E-state index contributed by atoms with van der Waals surface area (Å²) >= 11 is 0. The van der Waals surface area contributed by atoms with Gasteiger partial charge < -0.3 is 69.2 Å². The van der Waals surface area contributed by atoms with Crippen molar-refractivity contribution in [2.45, 2.75) is 167 Å². The van der Waals surface area contributed by atoms with Crippen LogP contribution in [-0.2, 0) is 49.2 Å². The molecule has 0 aliphatic carbocycles. The van der Waals surface area contributed by atoms with Crippen molar-refractivity contribution in [2.24, 2.45) is 34.4 Å². The molecule has 7 N–H and O–H groups in total. The van der Waals surface area contributed by atoms with Gasteiger partial charge in [0.2, 0.25) is 0 Å². The summed E-state index contributed by atoms with van der Waals surface area (Å²) in [6.07, 6.45) is -5.73. The molecule has 376 valence electrons. The summed E-state index contributed by atoms with van der Waals surface area (Å²) in [7, 11) is 6.44. The number of imidazole rings is 1. The number of carbonyl (C=O) groups excluding carboxylic acids is 2. The Kier molecular flexibility index (Phi) is 19.7. The average molecular weight is 944 g/mol. The van der Waals surface area contributed by atoms with Gasteiger partial charge in [0.05, 0.1) is 60.6 Å². The minimum atomic E-state index is -1.32. The first-order chi connectivity index (χ1) is 31.7. The first-order valence-corrected chi connectivity index (χ1v) is 23.6. The molecule has 0 spiro atoms. The fourth-order valence-electron chi connectivity index (χ4n) is 9.52. The number of benzene rings is 1. The number of ketones is 1. The van der Waals surface area contributed by atoms with Gasteiger partial charge in [-0.1, -0.05) is 38.5 Å². The van der Waals surface area contributed by atoms with E-state index in [4.69, 9.17) is 43.9 Å². The fraction of sp³-hybridized carbons (Fsp3) is 0.714. The molecule has 0 bridgehead atoms. The van der Waals surface area contributed by atoms with E-state index in [9.17, 15) is 30.0 Å². The van der Waals surface area contributed by atoms with E-state index in [1.807, 2.05) is 58.9 Å². The number of cyclic esters (lactones) is 1. The molecule has 0 radical (unpaired) electrons. The van der Waals surface area contributed by atoms with Crippen LogP contribution in [0.3, 0.4) is 0 Å². The van der Waals surface area contributed by atoms with Crippen LogP contribution in [0.2, 0.25) is 0 Å². The molecule has 6 unspecified atom stereocenters. The Labute approximate surface area is 395 Å². The van der Waals surface area contributed by atoms with Crippen LogP contribution in [-0.4, -0.2) is 174 Å². The van der Waals surface area contributed by atoms with Crippen molar-refractivity contribution in [2.75, 3.05) is 34.9 Å². The number of ether oxygens (including phenoxy) is 7. The van der Waals surface area contributed by atoms with E-state index in [1.165, 1.54) is 20.3 Å². The normalized spacial score (nSPS) is 38.0. The molecule has 67 heavy (non-hydrogen) atoms. The van der Waals surface area contributed by atoms with E-state index in [1.54, 1.807) is 45.8 Å². The van der Waals surface area contributed by atoms with Crippen molar-refractivity contribution in [1.29, 1.82) is 0 Å². The number of amidine groups is 1. The number of rotatable bonds is 13. The van der Waals surface area contributed by atoms with E-state index < -0.39 is 116 Å². The molecule has 2 aromatic rings. The van der Waals surface area contributed by atoms with Crippen LogP contribution in [0, 0.1) is 23.7 Å². The summed E-state index contributed by atoms with van der Waals surface area (Å²) in [5, 5.41) is 45.5. The van der Waals surface area contributed by atoms with Crippen LogP contribution in [0.4, 0.5) is 0 Å². The van der Waals surface area contributed by atoms with Crippen LogP contribution in [0.15, 0.2) is 47.0 Å². The third-order valence-electron chi connectivity index (χ3n) is 13.4. The Morgan fingerprint density at radius 1 is 0.955 bits per heavy atom. The van der Waals surface area contributed by atoms with Crippen LogP contribution in [0.1, 0.15) is 86.0 Å². The van der Waals surface area contributed by atoms with E-state index >= 15 is 0 Å². The summed E-state index contributed by atoms with van der Waals surface area (Å²) in [4.78, 5) is 42.6. The number of nitrogens with two attached hydrogens (primary N) is 1. The lowest BCUT2D eigenvalue weighted by Gasteiger charge is -2.46. The molecule has 3 aliphatic heterocycles. The Balaban J connectivity index is 1.53. The van der Waals surface area contributed by atoms with Gasteiger partial charge >= 0.3 is 5.97 Å². The number of hydrogen-bond acceptors (Lipinski definition) is 16. The number of esters is 1. The van der Waals surface area contributed by atoms with Crippen LogP contribution < -0.4 is 5.73 Å². The SMILES string of the molecule is CCC1OC(=O)CC(O)C(C)C(O[C@@H]2O[C@H](C)[C@@H](O)[C@H](N(C)C)[C@H]2O)C(Cc2nc3ccc(C(N)=NC(C)C)cc3[nH]2)C[C@H](C)C(=O)/C=C/C(C)=C/C1CO[C@H]1O[C@H](C)[C@@H](O)[C@@H](OC)[C@H]1OC. The number of aliphatic hydroxyl groups excluding tert-OH is 4. The molecule has 18 heteroatoms. The zero-order valence-electron chi connectivity index (χ0n) is 41.3. The number of hydrogen-bond donors (Lipinski definition) is 6. The van der Waals surface area contributed by atoms with Gasteiger partial charge in [-0.15, -0.1) is 0 Å². The number of nitrogens with one attached hydrogen (secondary N) is 1. The van der Waals surface area contributed by atoms with Gasteiger partial charge in [0.15, 0.2) is 18.4 Å². The van der Waals surface area contributed by atoms with Gasteiger partial charge in [-0.05, 0) is 91.7 Å². The Hall–Kier alpha value is -3.66. The van der Waals surface area contributed by atoms with Gasteiger partial charge in [0.25, 0.3) is 0 Å². The van der Waals surface area contributed by atoms with Crippen molar-refractivity contribution in [3.05, 3.63) is 53.4 Å². The highest BCUT2D eigenvalue weighted by Gasteiger charge is 2.48. The molecule has 3 aliphatic rings. The molecule has 1 aromatic carbocycles. The van der Waals surface area contributed by atoms with E-state index in [-0.39, 0.29) is 31.3 Å². The number of allylic oxidation sites excluding steroid dienone is 3. The zero-order chi connectivity index (χ0) is 49.4. The first kappa shape index (κ1) is 54.3. The molecule has 2 fully saturated rings. The molecule has 5 rings (SSSR count). The Bertz CT molecular complexity index is 2020. The Morgan fingerprint density at radius 3 is 2.27 bits per heavy atom. The average Bonchev–Trinajstić information content (AvgIpc) is 3.68.